The number of amides is 1. The summed E-state index contributed by atoms with van der Waals surface area (Å²) in [7, 11) is 1.83. The van der Waals surface area contributed by atoms with Crippen molar-refractivity contribution in [1.82, 2.24) is 10.2 Å². The maximum atomic E-state index is 12.1. The lowest BCUT2D eigenvalue weighted by Gasteiger charge is -2.31. The zero-order valence-corrected chi connectivity index (χ0v) is 12.0. The van der Waals surface area contributed by atoms with Crippen molar-refractivity contribution in [3.8, 4) is 0 Å². The molecule has 4 nitrogen and oxygen atoms in total. The van der Waals surface area contributed by atoms with Crippen LogP contribution in [0.15, 0.2) is 0 Å². The predicted molar refractivity (Wildman–Crippen MR) is 74.1 cm³/mol. The maximum absolute atomic E-state index is 12.1. The second-order valence-electron chi connectivity index (χ2n) is 5.15. The average Bonchev–Trinajstić information content (AvgIpc) is 2.99. The van der Waals surface area contributed by atoms with Gasteiger partial charge in [0.25, 0.3) is 0 Å². The van der Waals surface area contributed by atoms with Gasteiger partial charge in [-0.2, -0.15) is 0 Å². The van der Waals surface area contributed by atoms with Crippen LogP contribution in [0.2, 0.25) is 0 Å². The molecule has 1 heterocycles. The molecule has 1 saturated heterocycles. The minimum Gasteiger partial charge on any atom is -0.376 e. The zero-order valence-electron chi connectivity index (χ0n) is 11.2. The van der Waals surface area contributed by atoms with Gasteiger partial charge in [0.05, 0.1) is 12.6 Å². The first-order chi connectivity index (χ1) is 8.31. The van der Waals surface area contributed by atoms with Gasteiger partial charge < -0.3 is 15.0 Å². The quantitative estimate of drug-likeness (QED) is 0.829. The smallest absolute Gasteiger partial charge is 0.236 e. The third-order valence-corrected chi connectivity index (χ3v) is 3.84. The lowest BCUT2D eigenvalue weighted by molar-refractivity contribution is -0.134. The molecule has 2 aliphatic rings. The molecule has 0 aromatic carbocycles. The number of likely N-dealkylation sites (N-methyl/N-ethyl adjacent to an activating group) is 1. The van der Waals surface area contributed by atoms with Gasteiger partial charge in [0.2, 0.25) is 5.91 Å². The standard InChI is InChI=1S/C13H24N2O2.ClH/c1-14-9-13(16)15(11-5-2-3-6-11)10-12-7-4-8-17-12;/h11-12,14H,2-10H2,1H3;1H. The molecule has 2 fully saturated rings. The third-order valence-electron chi connectivity index (χ3n) is 3.84. The summed E-state index contributed by atoms with van der Waals surface area (Å²) in [5.41, 5.74) is 0. The summed E-state index contributed by atoms with van der Waals surface area (Å²) in [6, 6.07) is 0.458. The predicted octanol–water partition coefficient (Wildman–Crippen LogP) is 1.58. The Morgan fingerprint density at radius 1 is 1.28 bits per heavy atom. The van der Waals surface area contributed by atoms with Gasteiger partial charge in [-0.15, -0.1) is 12.4 Å². The summed E-state index contributed by atoms with van der Waals surface area (Å²) in [5.74, 6) is 0.231. The van der Waals surface area contributed by atoms with Crippen molar-refractivity contribution in [2.45, 2.75) is 50.7 Å². The van der Waals surface area contributed by atoms with Gasteiger partial charge in [0, 0.05) is 19.2 Å². The average molecular weight is 277 g/mol. The van der Waals surface area contributed by atoms with Crippen LogP contribution < -0.4 is 5.32 Å². The fourth-order valence-corrected chi connectivity index (χ4v) is 2.93. The zero-order chi connectivity index (χ0) is 12.1. The second-order valence-corrected chi connectivity index (χ2v) is 5.15. The van der Waals surface area contributed by atoms with Crippen LogP contribution in [0.4, 0.5) is 0 Å². The van der Waals surface area contributed by atoms with E-state index in [0.717, 1.165) is 26.0 Å². The van der Waals surface area contributed by atoms with E-state index < -0.39 is 0 Å². The first kappa shape index (κ1) is 15.7. The summed E-state index contributed by atoms with van der Waals surface area (Å²) >= 11 is 0. The SMILES string of the molecule is CNCC(=O)N(CC1CCCO1)C1CCCC1.Cl. The van der Waals surface area contributed by atoms with E-state index in [9.17, 15) is 4.79 Å². The molecule has 1 amide bonds. The highest BCUT2D eigenvalue weighted by Crippen LogP contribution is 2.25. The van der Waals surface area contributed by atoms with E-state index in [1.54, 1.807) is 0 Å². The number of nitrogens with zero attached hydrogens (tertiary/aromatic N) is 1. The Bertz CT molecular complexity index is 251. The van der Waals surface area contributed by atoms with Gasteiger partial charge in [-0.3, -0.25) is 4.79 Å². The molecule has 1 atom stereocenters. The molecular formula is C13H25ClN2O2. The molecule has 0 aromatic heterocycles. The Balaban J connectivity index is 0.00000162. The fourth-order valence-electron chi connectivity index (χ4n) is 2.93. The number of carbonyl (C=O) groups is 1. The molecule has 106 valence electrons. The van der Waals surface area contributed by atoms with Crippen molar-refractivity contribution >= 4 is 18.3 Å². The molecule has 1 aliphatic heterocycles. The van der Waals surface area contributed by atoms with Crippen LogP contribution in [0.3, 0.4) is 0 Å². The highest BCUT2D eigenvalue weighted by molar-refractivity contribution is 5.85. The summed E-state index contributed by atoms with van der Waals surface area (Å²) in [5, 5.41) is 2.96. The Labute approximate surface area is 116 Å². The number of nitrogens with one attached hydrogen (secondary N) is 1. The first-order valence-corrected chi connectivity index (χ1v) is 6.87. The Kier molecular flexibility index (Phi) is 6.97. The number of hydrogen-bond donors (Lipinski definition) is 1. The number of carbonyl (C=O) groups excluding carboxylic acids is 1. The second kappa shape index (κ2) is 7.97. The van der Waals surface area contributed by atoms with Crippen molar-refractivity contribution in [2.75, 3.05) is 26.7 Å². The molecule has 0 radical (unpaired) electrons. The van der Waals surface area contributed by atoms with Crippen LogP contribution in [-0.4, -0.2) is 49.7 Å². The summed E-state index contributed by atoms with van der Waals surface area (Å²) < 4.78 is 5.66. The van der Waals surface area contributed by atoms with E-state index in [0.29, 0.717) is 12.6 Å². The maximum Gasteiger partial charge on any atom is 0.236 e. The number of ether oxygens (including phenoxy) is 1. The van der Waals surface area contributed by atoms with E-state index in [1.807, 2.05) is 7.05 Å². The first-order valence-electron chi connectivity index (χ1n) is 6.87. The number of halogens is 1. The van der Waals surface area contributed by atoms with Gasteiger partial charge in [-0.1, -0.05) is 12.8 Å². The van der Waals surface area contributed by atoms with Gasteiger partial charge in [-0.25, -0.2) is 0 Å². The van der Waals surface area contributed by atoms with Gasteiger partial charge in [0.15, 0.2) is 0 Å². The van der Waals surface area contributed by atoms with Crippen LogP contribution >= 0.6 is 12.4 Å². The summed E-state index contributed by atoms with van der Waals surface area (Å²) in [6.45, 7) is 2.11. The van der Waals surface area contributed by atoms with Crippen LogP contribution in [0, 0.1) is 0 Å². The molecule has 0 spiro atoms. The summed E-state index contributed by atoms with van der Waals surface area (Å²) in [4.78, 5) is 14.2. The molecule has 1 unspecified atom stereocenters. The van der Waals surface area contributed by atoms with E-state index in [2.05, 4.69) is 10.2 Å². The summed E-state index contributed by atoms with van der Waals surface area (Å²) in [6.07, 6.45) is 7.39. The largest absolute Gasteiger partial charge is 0.376 e. The van der Waals surface area contributed by atoms with Crippen molar-refractivity contribution in [3.05, 3.63) is 0 Å². The van der Waals surface area contributed by atoms with Crippen molar-refractivity contribution in [1.29, 1.82) is 0 Å². The van der Waals surface area contributed by atoms with E-state index in [1.165, 1.54) is 25.7 Å². The van der Waals surface area contributed by atoms with Gasteiger partial charge >= 0.3 is 0 Å². The van der Waals surface area contributed by atoms with Crippen LogP contribution in [0.25, 0.3) is 0 Å². The monoisotopic (exact) mass is 276 g/mol. The molecule has 1 N–H and O–H groups in total. The van der Waals surface area contributed by atoms with E-state index >= 15 is 0 Å². The normalized spacial score (nSPS) is 23.9. The minimum absolute atomic E-state index is 0. The highest BCUT2D eigenvalue weighted by Gasteiger charge is 2.29. The Morgan fingerprint density at radius 2 is 2.00 bits per heavy atom. The molecule has 18 heavy (non-hydrogen) atoms. The number of hydrogen-bond acceptors (Lipinski definition) is 3. The lowest BCUT2D eigenvalue weighted by Crippen LogP contribution is -2.46. The molecule has 2 rings (SSSR count). The molecule has 5 heteroatoms. The van der Waals surface area contributed by atoms with Crippen molar-refractivity contribution in [3.63, 3.8) is 0 Å². The Hall–Kier alpha value is -0.320. The molecule has 1 saturated carbocycles. The van der Waals surface area contributed by atoms with Crippen molar-refractivity contribution in [2.24, 2.45) is 0 Å². The van der Waals surface area contributed by atoms with Crippen LogP contribution in [-0.2, 0) is 9.53 Å². The Morgan fingerprint density at radius 3 is 2.56 bits per heavy atom. The molecular weight excluding hydrogens is 252 g/mol. The lowest BCUT2D eigenvalue weighted by atomic mass is 10.1. The van der Waals surface area contributed by atoms with Gasteiger partial charge in [-0.05, 0) is 32.7 Å². The molecule has 0 aromatic rings. The van der Waals surface area contributed by atoms with Crippen molar-refractivity contribution < 1.29 is 9.53 Å². The van der Waals surface area contributed by atoms with Gasteiger partial charge in [0.1, 0.15) is 0 Å². The molecule has 0 bridgehead atoms. The fraction of sp³-hybridized carbons (Fsp3) is 0.923. The van der Waals surface area contributed by atoms with Crippen LogP contribution in [0.5, 0.6) is 0 Å². The van der Waals surface area contributed by atoms with E-state index in [4.69, 9.17) is 4.74 Å². The number of rotatable bonds is 5. The minimum atomic E-state index is 0. The highest BCUT2D eigenvalue weighted by atomic mass is 35.5. The molecule has 1 aliphatic carbocycles. The van der Waals surface area contributed by atoms with Crippen LogP contribution in [0.1, 0.15) is 38.5 Å². The topological polar surface area (TPSA) is 41.6 Å². The third kappa shape index (κ3) is 4.11. The van der Waals surface area contributed by atoms with E-state index in [-0.39, 0.29) is 24.4 Å².